The summed E-state index contributed by atoms with van der Waals surface area (Å²) in [4.78, 5) is 140. The van der Waals surface area contributed by atoms with Gasteiger partial charge in [0.1, 0.15) is 42.3 Å². The maximum absolute atomic E-state index is 14.7. The van der Waals surface area contributed by atoms with E-state index in [0.717, 1.165) is 10.9 Å². The van der Waals surface area contributed by atoms with Crippen LogP contribution in [0.3, 0.4) is 0 Å². The summed E-state index contributed by atoms with van der Waals surface area (Å²) in [6.07, 6.45) is 1.15. The molecule has 2 aromatic carbocycles. The van der Waals surface area contributed by atoms with E-state index in [1.807, 2.05) is 18.2 Å². The molecule has 1 aliphatic rings. The van der Waals surface area contributed by atoms with Crippen molar-refractivity contribution in [3.8, 4) is 0 Å². The van der Waals surface area contributed by atoms with Gasteiger partial charge in [0, 0.05) is 63.0 Å². The molecule has 1 aromatic heterocycles. The van der Waals surface area contributed by atoms with Gasteiger partial charge in [-0.05, 0) is 75.0 Å². The highest BCUT2D eigenvalue weighted by Crippen LogP contribution is 2.20. The molecule has 2 unspecified atom stereocenters. The highest BCUT2D eigenvalue weighted by atomic mass is 16.4. The Hall–Kier alpha value is -8.98. The third-order valence-corrected chi connectivity index (χ3v) is 12.3. The smallest absolute Gasteiger partial charge is 0.326 e. The van der Waals surface area contributed by atoms with Gasteiger partial charge in [-0.25, -0.2) is 4.79 Å². The van der Waals surface area contributed by atoms with Crippen molar-refractivity contribution < 1.29 is 48.3 Å². The Morgan fingerprint density at radius 2 is 1.18 bits per heavy atom. The monoisotopic (exact) mass is 1090 g/mol. The topological polar surface area (TPSA) is 479 Å². The van der Waals surface area contributed by atoms with Crippen molar-refractivity contribution in [2.45, 2.75) is 126 Å². The first-order valence-electron chi connectivity index (χ1n) is 25.5. The Balaban J connectivity index is 1.80. The molecule has 0 radical (unpaired) electrons. The summed E-state index contributed by atoms with van der Waals surface area (Å²) < 4.78 is 0. The zero-order valence-electron chi connectivity index (χ0n) is 43.6. The second kappa shape index (κ2) is 31.8. The SMILES string of the molecule is CC(=O)N[C@@H](CCCN=C(N)N)C(=O)N[C@H]1CC(=O)NCCCCC(C(=O)O)NC(=O)[C@H](Cc2c[nH]c3ccccc23)NC(=O)[C@H](CCCN=C(N)N)NC(=O)[C@@H](Cc2ccccc2)NC(=O)C(CCCN=C(N)N)NC1=O. The molecule has 424 valence electrons. The lowest BCUT2D eigenvalue weighted by Gasteiger charge is -2.28. The van der Waals surface area contributed by atoms with Crippen LogP contribution in [0.15, 0.2) is 75.8 Å². The minimum atomic E-state index is -1.67. The number of hydrogen-bond donors (Lipinski definition) is 16. The molecular formula is C50H74N18O10. The van der Waals surface area contributed by atoms with Gasteiger partial charge in [0.05, 0.1) is 6.42 Å². The first kappa shape index (κ1) is 61.6. The lowest BCUT2D eigenvalue weighted by molar-refractivity contribution is -0.142. The summed E-state index contributed by atoms with van der Waals surface area (Å²) in [5.74, 6) is -8.70. The van der Waals surface area contributed by atoms with E-state index in [9.17, 15) is 48.3 Å². The van der Waals surface area contributed by atoms with Crippen molar-refractivity contribution in [3.63, 3.8) is 0 Å². The van der Waals surface area contributed by atoms with E-state index >= 15 is 0 Å². The summed E-state index contributed by atoms with van der Waals surface area (Å²) >= 11 is 0. The molecule has 0 bridgehead atoms. The van der Waals surface area contributed by atoms with Crippen molar-refractivity contribution in [1.29, 1.82) is 0 Å². The molecule has 2 heterocycles. The predicted octanol–water partition coefficient (Wildman–Crippen LogP) is -3.70. The van der Waals surface area contributed by atoms with Gasteiger partial charge in [0.15, 0.2) is 17.9 Å². The number of aliphatic imine (C=N–C) groups is 3. The molecule has 22 N–H and O–H groups in total. The Labute approximate surface area is 450 Å². The first-order chi connectivity index (χ1) is 37.2. The third-order valence-electron chi connectivity index (χ3n) is 12.3. The highest BCUT2D eigenvalue weighted by Gasteiger charge is 2.35. The molecule has 1 fully saturated rings. The number of fused-ring (bicyclic) bond motifs is 1. The Morgan fingerprint density at radius 1 is 0.654 bits per heavy atom. The number of amides is 8. The number of nitrogens with two attached hydrogens (primary N) is 6. The fourth-order valence-corrected chi connectivity index (χ4v) is 8.41. The van der Waals surface area contributed by atoms with Crippen molar-refractivity contribution in [1.82, 2.24) is 47.5 Å². The van der Waals surface area contributed by atoms with Gasteiger partial charge in [0.2, 0.25) is 47.3 Å². The van der Waals surface area contributed by atoms with Crippen molar-refractivity contribution >= 4 is 82.0 Å². The Morgan fingerprint density at radius 3 is 1.77 bits per heavy atom. The maximum atomic E-state index is 14.7. The molecule has 8 amide bonds. The number of H-pyrrole nitrogens is 1. The number of rotatable bonds is 20. The molecule has 1 aliphatic heterocycles. The van der Waals surface area contributed by atoms with Crippen LogP contribution in [0.25, 0.3) is 10.9 Å². The quantitative estimate of drug-likeness (QED) is 0.0294. The van der Waals surface area contributed by atoms with E-state index in [0.29, 0.717) is 11.1 Å². The predicted molar refractivity (Wildman–Crippen MR) is 290 cm³/mol. The van der Waals surface area contributed by atoms with Gasteiger partial charge < -0.3 is 87.0 Å². The first-order valence-corrected chi connectivity index (χ1v) is 25.5. The normalized spacial score (nSPS) is 20.6. The third kappa shape index (κ3) is 21.7. The number of aromatic nitrogens is 1. The van der Waals surface area contributed by atoms with E-state index in [1.54, 1.807) is 42.6 Å². The number of nitrogens with zero attached hydrogens (tertiary/aromatic N) is 3. The Bertz CT molecular complexity index is 2630. The van der Waals surface area contributed by atoms with E-state index in [2.05, 4.69) is 62.5 Å². The molecule has 0 spiro atoms. The number of carbonyl (C=O) groups excluding carboxylic acids is 8. The number of benzene rings is 2. The van der Waals surface area contributed by atoms with Crippen molar-refractivity contribution in [2.75, 3.05) is 26.2 Å². The molecule has 78 heavy (non-hydrogen) atoms. The second-order valence-electron chi connectivity index (χ2n) is 18.6. The van der Waals surface area contributed by atoms with E-state index in [1.165, 1.54) is 6.92 Å². The van der Waals surface area contributed by atoms with Crippen LogP contribution in [0.2, 0.25) is 0 Å². The molecule has 28 nitrogen and oxygen atoms in total. The molecular weight excluding hydrogens is 1010 g/mol. The van der Waals surface area contributed by atoms with Crippen LogP contribution in [-0.4, -0.2) is 150 Å². The van der Waals surface area contributed by atoms with Crippen LogP contribution in [0.5, 0.6) is 0 Å². The van der Waals surface area contributed by atoms with Gasteiger partial charge >= 0.3 is 5.97 Å². The van der Waals surface area contributed by atoms with Gasteiger partial charge in [-0.1, -0.05) is 48.5 Å². The van der Waals surface area contributed by atoms with Gasteiger partial charge in [-0.15, -0.1) is 0 Å². The number of aliphatic carboxylic acids is 1. The van der Waals surface area contributed by atoms with Crippen molar-refractivity contribution in [3.05, 3.63) is 71.9 Å². The molecule has 7 atom stereocenters. The fourth-order valence-electron chi connectivity index (χ4n) is 8.41. The molecule has 3 aromatic rings. The average Bonchev–Trinajstić information content (AvgIpc) is 3.80. The average molecular weight is 1090 g/mol. The largest absolute Gasteiger partial charge is 0.480 e. The highest BCUT2D eigenvalue weighted by molar-refractivity contribution is 5.99. The van der Waals surface area contributed by atoms with Crippen LogP contribution < -0.4 is 76.9 Å². The number of aromatic amines is 1. The Kier molecular flexibility index (Phi) is 25.1. The van der Waals surface area contributed by atoms with E-state index in [-0.39, 0.29) is 115 Å². The van der Waals surface area contributed by atoms with Crippen LogP contribution >= 0.6 is 0 Å². The lowest BCUT2D eigenvalue weighted by atomic mass is 10.0. The standard InChI is InChI=1S/C50H74N18O10/c1-28(69)62-33(17-9-21-58-48(51)52)41(71)68-39-26-40(70)57-20-8-7-16-36(47(77)78)65-45(75)38(25-30-27-61-32-15-6-5-14-31(30)32)67-43(73)35(19-11-23-60-50(55)56)63-44(74)37(24-29-12-3-2-4-13-29)66-42(72)34(64-46(39)76)18-10-22-59-49(53)54/h2-6,12-15,27,33-39,61H,7-11,16-26H2,1H3,(H,57,70)(H,62,69)(H,63,74)(H,64,76)(H,65,75)(H,66,72)(H,67,73)(H,68,71)(H,77,78)(H4,51,52,58)(H4,53,54,59)(H4,55,56,60)/t33-,34?,35-,36?,37+,38-,39-/m0/s1. The molecule has 28 heteroatoms. The summed E-state index contributed by atoms with van der Waals surface area (Å²) in [6.45, 7) is 1.27. The molecule has 0 aliphatic carbocycles. The molecule has 1 saturated heterocycles. The molecule has 0 saturated carbocycles. The van der Waals surface area contributed by atoms with Gasteiger partial charge in [-0.2, -0.15) is 0 Å². The lowest BCUT2D eigenvalue weighted by Crippen LogP contribution is -2.60. The number of nitrogens with one attached hydrogen (secondary N) is 9. The summed E-state index contributed by atoms with van der Waals surface area (Å²) in [6, 6.07) is 5.69. The zero-order chi connectivity index (χ0) is 57.1. The number of carboxylic acid groups (broad SMARTS) is 1. The van der Waals surface area contributed by atoms with Crippen LogP contribution in [0.1, 0.15) is 82.3 Å². The minimum Gasteiger partial charge on any atom is -0.480 e. The number of carbonyl (C=O) groups is 9. The zero-order valence-corrected chi connectivity index (χ0v) is 43.6. The summed E-state index contributed by atoms with van der Waals surface area (Å²) in [5, 5.41) is 32.1. The molecule has 4 rings (SSSR count). The van der Waals surface area contributed by atoms with Gasteiger partial charge in [0.25, 0.3) is 0 Å². The van der Waals surface area contributed by atoms with E-state index in [4.69, 9.17) is 34.4 Å². The van der Waals surface area contributed by atoms with Crippen LogP contribution in [0.4, 0.5) is 0 Å². The fraction of sp³-hybridized carbons (Fsp3) is 0.480. The summed E-state index contributed by atoms with van der Waals surface area (Å²) in [5.41, 5.74) is 35.1. The van der Waals surface area contributed by atoms with Crippen LogP contribution in [-0.2, 0) is 56.0 Å². The van der Waals surface area contributed by atoms with E-state index < -0.39 is 102 Å². The maximum Gasteiger partial charge on any atom is 0.326 e. The number of hydrogen-bond acceptors (Lipinski definition) is 12. The van der Waals surface area contributed by atoms with Crippen molar-refractivity contribution in [2.24, 2.45) is 49.4 Å². The second-order valence-corrected chi connectivity index (χ2v) is 18.6. The minimum absolute atomic E-state index is 0.0000882. The summed E-state index contributed by atoms with van der Waals surface area (Å²) in [7, 11) is 0. The van der Waals surface area contributed by atoms with Crippen LogP contribution in [0, 0.1) is 0 Å². The number of guanidine groups is 3. The number of para-hydroxylation sites is 1. The van der Waals surface area contributed by atoms with Gasteiger partial charge in [-0.3, -0.25) is 53.3 Å². The number of carboxylic acids is 1.